The van der Waals surface area contributed by atoms with E-state index in [1.807, 2.05) is 74.4 Å². The number of hydrogen-bond acceptors (Lipinski definition) is 4. The summed E-state index contributed by atoms with van der Waals surface area (Å²) in [6.07, 6.45) is 0. The SMILES string of the molecule is COc1ccc(OC)c([C@@H](C)NC(=O)[C@H](c2ccccc2)N(C)C)c1. The topological polar surface area (TPSA) is 50.8 Å². The highest BCUT2D eigenvalue weighted by molar-refractivity contribution is 5.83. The Hall–Kier alpha value is -2.53. The third-order valence-corrected chi connectivity index (χ3v) is 4.14. The zero-order chi connectivity index (χ0) is 18.4. The molecule has 5 heteroatoms. The maximum absolute atomic E-state index is 12.9. The zero-order valence-electron chi connectivity index (χ0n) is 15.4. The van der Waals surface area contributed by atoms with E-state index < -0.39 is 0 Å². The lowest BCUT2D eigenvalue weighted by Crippen LogP contribution is -2.38. The van der Waals surface area contributed by atoms with Crippen molar-refractivity contribution in [2.75, 3.05) is 28.3 Å². The molecule has 2 rings (SSSR count). The van der Waals surface area contributed by atoms with E-state index in [-0.39, 0.29) is 18.0 Å². The molecule has 0 unspecified atom stereocenters. The molecule has 2 atom stereocenters. The van der Waals surface area contributed by atoms with E-state index >= 15 is 0 Å². The van der Waals surface area contributed by atoms with E-state index in [9.17, 15) is 4.79 Å². The molecule has 0 radical (unpaired) electrons. The molecule has 0 fully saturated rings. The van der Waals surface area contributed by atoms with Gasteiger partial charge in [-0.3, -0.25) is 9.69 Å². The highest BCUT2D eigenvalue weighted by atomic mass is 16.5. The summed E-state index contributed by atoms with van der Waals surface area (Å²) in [5.41, 5.74) is 1.83. The van der Waals surface area contributed by atoms with E-state index in [1.54, 1.807) is 14.2 Å². The number of carbonyl (C=O) groups is 1. The van der Waals surface area contributed by atoms with Gasteiger partial charge in [0.1, 0.15) is 17.5 Å². The molecule has 2 aromatic carbocycles. The number of nitrogens with one attached hydrogen (secondary N) is 1. The first-order chi connectivity index (χ1) is 12.0. The van der Waals surface area contributed by atoms with Gasteiger partial charge >= 0.3 is 0 Å². The van der Waals surface area contributed by atoms with E-state index in [1.165, 1.54) is 0 Å². The standard InChI is InChI=1S/C20H26N2O3/c1-14(17-13-16(24-4)11-12-18(17)25-5)21-20(23)19(22(2)3)15-9-7-6-8-10-15/h6-14,19H,1-5H3,(H,21,23)/t14-,19+/m1/s1. The summed E-state index contributed by atoms with van der Waals surface area (Å²) in [7, 11) is 7.03. The Morgan fingerprint density at radius 2 is 1.72 bits per heavy atom. The van der Waals surface area contributed by atoms with Crippen LogP contribution < -0.4 is 14.8 Å². The van der Waals surface area contributed by atoms with Crippen LogP contribution in [0.2, 0.25) is 0 Å². The fraction of sp³-hybridized carbons (Fsp3) is 0.350. The van der Waals surface area contributed by atoms with Crippen molar-refractivity contribution in [3.8, 4) is 11.5 Å². The van der Waals surface area contributed by atoms with Gasteiger partial charge in [-0.25, -0.2) is 0 Å². The van der Waals surface area contributed by atoms with Crippen molar-refractivity contribution in [3.05, 3.63) is 59.7 Å². The molecule has 2 aromatic rings. The van der Waals surface area contributed by atoms with Crippen LogP contribution in [0.15, 0.2) is 48.5 Å². The van der Waals surface area contributed by atoms with E-state index in [2.05, 4.69) is 5.32 Å². The Morgan fingerprint density at radius 1 is 1.04 bits per heavy atom. The third kappa shape index (κ3) is 4.51. The second kappa shape index (κ2) is 8.53. The Morgan fingerprint density at radius 3 is 2.28 bits per heavy atom. The quantitative estimate of drug-likeness (QED) is 0.840. The van der Waals surface area contributed by atoms with Crippen molar-refractivity contribution in [2.24, 2.45) is 0 Å². The Labute approximate surface area is 149 Å². The summed E-state index contributed by atoms with van der Waals surface area (Å²) >= 11 is 0. The van der Waals surface area contributed by atoms with Gasteiger partial charge in [0.2, 0.25) is 5.91 Å². The molecule has 25 heavy (non-hydrogen) atoms. The fourth-order valence-corrected chi connectivity index (χ4v) is 2.87. The molecule has 0 aliphatic heterocycles. The van der Waals surface area contributed by atoms with Crippen LogP contribution in [-0.4, -0.2) is 39.1 Å². The normalized spacial score (nSPS) is 13.2. The zero-order valence-corrected chi connectivity index (χ0v) is 15.4. The predicted octanol–water partition coefficient (Wildman–Crippen LogP) is 3.18. The number of rotatable bonds is 7. The lowest BCUT2D eigenvalue weighted by Gasteiger charge is -2.26. The molecule has 1 N–H and O–H groups in total. The fourth-order valence-electron chi connectivity index (χ4n) is 2.87. The molecule has 0 bridgehead atoms. The van der Waals surface area contributed by atoms with Gasteiger partial charge in [0.15, 0.2) is 0 Å². The van der Waals surface area contributed by atoms with E-state index in [0.717, 1.165) is 22.6 Å². The van der Waals surface area contributed by atoms with Crippen LogP contribution in [0.4, 0.5) is 0 Å². The number of nitrogens with zero attached hydrogens (tertiary/aromatic N) is 1. The summed E-state index contributed by atoms with van der Waals surface area (Å²) in [4.78, 5) is 14.8. The summed E-state index contributed by atoms with van der Waals surface area (Å²) in [6, 6.07) is 14.7. The van der Waals surface area contributed by atoms with Crippen LogP contribution in [0, 0.1) is 0 Å². The van der Waals surface area contributed by atoms with Crippen LogP contribution in [-0.2, 0) is 4.79 Å². The van der Waals surface area contributed by atoms with Crippen molar-refractivity contribution >= 4 is 5.91 Å². The molecular weight excluding hydrogens is 316 g/mol. The highest BCUT2D eigenvalue weighted by Gasteiger charge is 2.25. The second-order valence-corrected chi connectivity index (χ2v) is 6.11. The van der Waals surface area contributed by atoms with Crippen molar-refractivity contribution in [2.45, 2.75) is 19.0 Å². The molecule has 1 amide bonds. The number of hydrogen-bond donors (Lipinski definition) is 1. The molecule has 0 aliphatic rings. The van der Waals surface area contributed by atoms with Gasteiger partial charge in [0.05, 0.1) is 20.3 Å². The molecule has 5 nitrogen and oxygen atoms in total. The molecule has 0 heterocycles. The minimum atomic E-state index is -0.361. The summed E-state index contributed by atoms with van der Waals surface area (Å²) in [5.74, 6) is 1.38. The number of ether oxygens (including phenoxy) is 2. The number of methoxy groups -OCH3 is 2. The Bertz CT molecular complexity index is 701. The van der Waals surface area contributed by atoms with Gasteiger partial charge in [-0.05, 0) is 44.8 Å². The van der Waals surface area contributed by atoms with Crippen LogP contribution in [0.3, 0.4) is 0 Å². The first-order valence-corrected chi connectivity index (χ1v) is 8.21. The van der Waals surface area contributed by atoms with Crippen LogP contribution in [0.5, 0.6) is 11.5 Å². The molecule has 0 aliphatic carbocycles. The molecule has 134 valence electrons. The number of likely N-dealkylation sites (N-methyl/N-ethyl adjacent to an activating group) is 1. The monoisotopic (exact) mass is 342 g/mol. The van der Waals surface area contributed by atoms with Gasteiger partial charge in [0, 0.05) is 5.56 Å². The van der Waals surface area contributed by atoms with Crippen molar-refractivity contribution < 1.29 is 14.3 Å². The molecule has 0 saturated carbocycles. The van der Waals surface area contributed by atoms with Crippen LogP contribution in [0.1, 0.15) is 30.1 Å². The summed E-state index contributed by atoms with van der Waals surface area (Å²) < 4.78 is 10.7. The largest absolute Gasteiger partial charge is 0.497 e. The van der Waals surface area contributed by atoms with E-state index in [0.29, 0.717) is 0 Å². The van der Waals surface area contributed by atoms with Crippen molar-refractivity contribution in [1.82, 2.24) is 10.2 Å². The molecule has 0 aromatic heterocycles. The van der Waals surface area contributed by atoms with Crippen LogP contribution in [0.25, 0.3) is 0 Å². The first-order valence-electron chi connectivity index (χ1n) is 8.21. The lowest BCUT2D eigenvalue weighted by molar-refractivity contribution is -0.126. The maximum Gasteiger partial charge on any atom is 0.242 e. The van der Waals surface area contributed by atoms with Gasteiger partial charge in [-0.1, -0.05) is 30.3 Å². The maximum atomic E-state index is 12.9. The lowest BCUT2D eigenvalue weighted by atomic mass is 10.0. The number of benzene rings is 2. The third-order valence-electron chi connectivity index (χ3n) is 4.14. The molecule has 0 spiro atoms. The van der Waals surface area contributed by atoms with Gasteiger partial charge < -0.3 is 14.8 Å². The van der Waals surface area contributed by atoms with Crippen molar-refractivity contribution in [3.63, 3.8) is 0 Å². The average Bonchev–Trinajstić information content (AvgIpc) is 2.61. The van der Waals surface area contributed by atoms with Gasteiger partial charge in [-0.2, -0.15) is 0 Å². The minimum Gasteiger partial charge on any atom is -0.497 e. The predicted molar refractivity (Wildman–Crippen MR) is 99.0 cm³/mol. The van der Waals surface area contributed by atoms with Crippen molar-refractivity contribution in [1.29, 1.82) is 0 Å². The highest BCUT2D eigenvalue weighted by Crippen LogP contribution is 2.30. The number of amides is 1. The van der Waals surface area contributed by atoms with E-state index in [4.69, 9.17) is 9.47 Å². The minimum absolute atomic E-state index is 0.0615. The average molecular weight is 342 g/mol. The smallest absolute Gasteiger partial charge is 0.242 e. The second-order valence-electron chi connectivity index (χ2n) is 6.11. The van der Waals surface area contributed by atoms with Crippen LogP contribution >= 0.6 is 0 Å². The molecule has 0 saturated heterocycles. The summed E-state index contributed by atoms with van der Waals surface area (Å²) in [6.45, 7) is 1.94. The number of carbonyl (C=O) groups excluding carboxylic acids is 1. The summed E-state index contributed by atoms with van der Waals surface area (Å²) in [5, 5.41) is 3.09. The molecular formula is C20H26N2O3. The van der Waals surface area contributed by atoms with Gasteiger partial charge in [0.25, 0.3) is 0 Å². The Balaban J connectivity index is 2.24. The first kappa shape index (κ1) is 18.8. The Kier molecular flexibility index (Phi) is 6.42. The van der Waals surface area contributed by atoms with Gasteiger partial charge in [-0.15, -0.1) is 0 Å².